The van der Waals surface area contributed by atoms with E-state index in [4.69, 9.17) is 32.7 Å². The summed E-state index contributed by atoms with van der Waals surface area (Å²) in [6.45, 7) is 11.2. The van der Waals surface area contributed by atoms with E-state index in [1.165, 1.54) is 37.3 Å². The molecule has 0 aliphatic carbocycles. The molecule has 1 aliphatic heterocycles. The number of carboxylic acid groups (broad SMARTS) is 1. The van der Waals surface area contributed by atoms with Gasteiger partial charge in [0, 0.05) is 16.5 Å². The summed E-state index contributed by atoms with van der Waals surface area (Å²) in [5.41, 5.74) is -4.59. The fraction of sp³-hybridized carbons (Fsp3) is 0.500. The summed E-state index contributed by atoms with van der Waals surface area (Å²) in [5, 5.41) is 19.6. The summed E-state index contributed by atoms with van der Waals surface area (Å²) in [7, 11) is 0. The number of amides is 2. The number of halogens is 5. The van der Waals surface area contributed by atoms with Gasteiger partial charge < -0.3 is 19.7 Å². The molecule has 0 bridgehead atoms. The zero-order valence-electron chi connectivity index (χ0n) is 25.1. The Morgan fingerprint density at radius 3 is 1.75 bits per heavy atom. The first-order valence-electron chi connectivity index (χ1n) is 13.4. The number of aliphatic hydroxyl groups is 1. The molecule has 0 spiro atoms. The minimum Gasteiger partial charge on any atom is -0.480 e. The molecule has 0 saturated carbocycles. The van der Waals surface area contributed by atoms with Gasteiger partial charge in [-0.2, -0.15) is 13.2 Å². The van der Waals surface area contributed by atoms with Gasteiger partial charge in [0.1, 0.15) is 26.8 Å². The van der Waals surface area contributed by atoms with E-state index in [0.29, 0.717) is 5.56 Å². The SMILES string of the molecule is C[C@@H](c1ccc(C2(O)CC(c3cc(Cl)cc(Cl)c3)(C(F)(F)F)SC2C(=O)O)cc1)N(C(=O)OC(C)(C)C)C(=O)OC(C)(C)C. The van der Waals surface area contributed by atoms with Crippen LogP contribution in [0.4, 0.5) is 22.8 Å². The highest BCUT2D eigenvalue weighted by molar-refractivity contribution is 8.02. The molecule has 3 rings (SSSR count). The number of alkyl halides is 3. The maximum absolute atomic E-state index is 14.8. The molecule has 2 amide bonds. The van der Waals surface area contributed by atoms with Gasteiger partial charge in [-0.05, 0) is 83.4 Å². The summed E-state index contributed by atoms with van der Waals surface area (Å²) >= 11 is 12.1. The van der Waals surface area contributed by atoms with E-state index in [1.54, 1.807) is 41.5 Å². The Hall–Kier alpha value is -2.67. The molecule has 1 heterocycles. The summed E-state index contributed by atoms with van der Waals surface area (Å²) < 4.78 is 52.4. The van der Waals surface area contributed by atoms with Crippen molar-refractivity contribution in [3.63, 3.8) is 0 Å². The topological polar surface area (TPSA) is 113 Å². The fourth-order valence-corrected chi connectivity index (χ4v) is 6.96. The molecule has 44 heavy (non-hydrogen) atoms. The van der Waals surface area contributed by atoms with Crippen LogP contribution in [0.3, 0.4) is 0 Å². The molecule has 1 saturated heterocycles. The lowest BCUT2D eigenvalue weighted by molar-refractivity contribution is -0.173. The highest BCUT2D eigenvalue weighted by Gasteiger charge is 2.69. The summed E-state index contributed by atoms with van der Waals surface area (Å²) in [6.07, 6.45) is -8.05. The second-order valence-electron chi connectivity index (χ2n) is 12.5. The summed E-state index contributed by atoms with van der Waals surface area (Å²) in [5.74, 6) is -1.66. The van der Waals surface area contributed by atoms with E-state index in [0.717, 1.165) is 17.0 Å². The third-order valence-electron chi connectivity index (χ3n) is 6.74. The van der Waals surface area contributed by atoms with Crippen LogP contribution in [-0.4, -0.2) is 55.9 Å². The standard InChI is InChI=1S/C30H34Cl2F3NO7S/c1-16(36(24(39)42-26(2,3)4)25(40)43-27(5,6)7)17-8-10-18(11-9-17)28(41)15-29(30(33,34)35,44-22(28)23(37)38)19-12-20(31)14-21(32)13-19/h8-14,16,22,41H,15H2,1-7H3,(H,37,38)/t16-,22?,28?,29?/m0/s1. The van der Waals surface area contributed by atoms with Gasteiger partial charge in [-0.15, -0.1) is 11.8 Å². The Morgan fingerprint density at radius 2 is 1.36 bits per heavy atom. The van der Waals surface area contributed by atoms with Crippen LogP contribution in [0.25, 0.3) is 0 Å². The van der Waals surface area contributed by atoms with Gasteiger partial charge in [-0.1, -0.05) is 47.5 Å². The first kappa shape index (κ1) is 35.8. The monoisotopic (exact) mass is 679 g/mol. The first-order chi connectivity index (χ1) is 19.9. The van der Waals surface area contributed by atoms with Crippen molar-refractivity contribution >= 4 is 53.1 Å². The predicted molar refractivity (Wildman–Crippen MR) is 161 cm³/mol. The van der Waals surface area contributed by atoms with Crippen molar-refractivity contribution < 1.29 is 47.2 Å². The summed E-state index contributed by atoms with van der Waals surface area (Å²) in [4.78, 5) is 39.2. The van der Waals surface area contributed by atoms with Crippen molar-refractivity contribution in [3.8, 4) is 0 Å². The number of nitrogens with zero attached hydrogens (tertiary/aromatic N) is 1. The first-order valence-corrected chi connectivity index (χ1v) is 15.1. The molecule has 242 valence electrons. The molecular weight excluding hydrogens is 646 g/mol. The van der Waals surface area contributed by atoms with E-state index in [-0.39, 0.29) is 27.4 Å². The minimum atomic E-state index is -5.01. The van der Waals surface area contributed by atoms with E-state index in [1.807, 2.05) is 0 Å². The number of imide groups is 1. The second kappa shape index (κ2) is 12.3. The van der Waals surface area contributed by atoms with Crippen molar-refractivity contribution in [2.75, 3.05) is 0 Å². The number of carbonyl (C=O) groups excluding carboxylic acids is 2. The number of ether oxygens (including phenoxy) is 2. The van der Waals surface area contributed by atoms with E-state index in [9.17, 15) is 37.8 Å². The molecule has 2 N–H and O–H groups in total. The smallest absolute Gasteiger partial charge is 0.420 e. The van der Waals surface area contributed by atoms with Crippen LogP contribution in [-0.2, 0) is 24.6 Å². The summed E-state index contributed by atoms with van der Waals surface area (Å²) in [6, 6.07) is 7.65. The Kier molecular flexibility index (Phi) is 9.98. The van der Waals surface area contributed by atoms with Gasteiger partial charge in [-0.3, -0.25) is 4.79 Å². The number of carboxylic acids is 1. The van der Waals surface area contributed by atoms with E-state index < -0.39 is 69.2 Å². The zero-order chi connectivity index (χ0) is 33.6. The van der Waals surface area contributed by atoms with Crippen LogP contribution >= 0.6 is 35.0 Å². The molecule has 0 aromatic heterocycles. The molecular formula is C30H34Cl2F3NO7S. The lowest BCUT2D eigenvalue weighted by Gasteiger charge is -2.33. The zero-order valence-corrected chi connectivity index (χ0v) is 27.4. The number of rotatable bonds is 5. The van der Waals surface area contributed by atoms with E-state index in [2.05, 4.69) is 0 Å². The van der Waals surface area contributed by atoms with Crippen molar-refractivity contribution in [1.82, 2.24) is 4.90 Å². The van der Waals surface area contributed by atoms with Gasteiger partial charge in [-0.25, -0.2) is 14.5 Å². The Labute approximate surface area is 267 Å². The quantitative estimate of drug-likeness (QED) is 0.324. The lowest BCUT2D eigenvalue weighted by Crippen LogP contribution is -2.44. The van der Waals surface area contributed by atoms with Crippen molar-refractivity contribution in [2.45, 2.75) is 93.9 Å². The highest BCUT2D eigenvalue weighted by Crippen LogP contribution is 2.65. The molecule has 4 atom stereocenters. The molecule has 8 nitrogen and oxygen atoms in total. The normalized spacial score (nSPS) is 23.2. The van der Waals surface area contributed by atoms with Crippen molar-refractivity contribution in [3.05, 3.63) is 69.2 Å². The maximum atomic E-state index is 14.8. The number of hydrogen-bond acceptors (Lipinski definition) is 7. The average Bonchev–Trinajstić information content (AvgIpc) is 3.17. The molecule has 2 aromatic carbocycles. The predicted octanol–water partition coefficient (Wildman–Crippen LogP) is 8.46. The molecule has 0 radical (unpaired) electrons. The third kappa shape index (κ3) is 7.58. The number of hydrogen-bond donors (Lipinski definition) is 2. The van der Waals surface area contributed by atoms with Crippen molar-refractivity contribution in [1.29, 1.82) is 0 Å². The van der Waals surface area contributed by atoms with Crippen LogP contribution < -0.4 is 0 Å². The average molecular weight is 681 g/mol. The Balaban J connectivity index is 2.07. The van der Waals surface area contributed by atoms with Crippen LogP contribution in [0.5, 0.6) is 0 Å². The molecule has 14 heteroatoms. The van der Waals surface area contributed by atoms with Gasteiger partial charge in [0.25, 0.3) is 0 Å². The van der Waals surface area contributed by atoms with Gasteiger partial charge in [0.2, 0.25) is 0 Å². The maximum Gasteiger partial charge on any atom is 0.420 e. The molecule has 2 aromatic rings. The number of carbonyl (C=O) groups is 3. The highest BCUT2D eigenvalue weighted by atomic mass is 35.5. The molecule has 1 fully saturated rings. The second-order valence-corrected chi connectivity index (χ2v) is 14.8. The Morgan fingerprint density at radius 1 is 0.909 bits per heavy atom. The third-order valence-corrected chi connectivity index (χ3v) is 9.02. The lowest BCUT2D eigenvalue weighted by atomic mass is 9.79. The van der Waals surface area contributed by atoms with Crippen LogP contribution in [0, 0.1) is 0 Å². The number of benzene rings is 2. The van der Waals surface area contributed by atoms with Crippen LogP contribution in [0.15, 0.2) is 42.5 Å². The Bertz CT molecular complexity index is 1380. The molecule has 1 aliphatic rings. The number of thioether (sulfide) groups is 1. The number of aliphatic carboxylic acids is 1. The molecule has 3 unspecified atom stereocenters. The van der Waals surface area contributed by atoms with Crippen LogP contribution in [0.1, 0.15) is 77.6 Å². The van der Waals surface area contributed by atoms with Crippen molar-refractivity contribution in [2.24, 2.45) is 0 Å². The van der Waals surface area contributed by atoms with Gasteiger partial charge >= 0.3 is 24.3 Å². The van der Waals surface area contributed by atoms with Gasteiger partial charge in [0.15, 0.2) is 0 Å². The van der Waals surface area contributed by atoms with Crippen LogP contribution in [0.2, 0.25) is 10.0 Å². The van der Waals surface area contributed by atoms with E-state index >= 15 is 0 Å². The largest absolute Gasteiger partial charge is 0.480 e. The minimum absolute atomic E-state index is 0.0567. The fourth-order valence-electron chi connectivity index (χ4n) is 4.82. The van der Waals surface area contributed by atoms with Gasteiger partial charge in [0.05, 0.1) is 6.04 Å².